The van der Waals surface area contributed by atoms with Crippen LogP contribution in [0.4, 0.5) is 4.79 Å². The highest BCUT2D eigenvalue weighted by Crippen LogP contribution is 2.24. The maximum Gasteiger partial charge on any atom is 0.328 e. The summed E-state index contributed by atoms with van der Waals surface area (Å²) in [6.45, 7) is 6.07. The van der Waals surface area contributed by atoms with E-state index >= 15 is 0 Å². The number of carbonyl (C=O) groups is 2. The van der Waals surface area contributed by atoms with E-state index in [1.165, 1.54) is 6.42 Å². The monoisotopic (exact) mass is 272 g/mol. The van der Waals surface area contributed by atoms with Gasteiger partial charge in [0.15, 0.2) is 6.04 Å². The summed E-state index contributed by atoms with van der Waals surface area (Å²) in [5, 5.41) is 14.1. The van der Waals surface area contributed by atoms with Crippen molar-refractivity contribution in [3.05, 3.63) is 0 Å². The van der Waals surface area contributed by atoms with Gasteiger partial charge in [0.2, 0.25) is 0 Å². The van der Waals surface area contributed by atoms with Crippen molar-refractivity contribution in [3.63, 3.8) is 0 Å². The standard InChI is InChI=1S/C13H24N2O4/c1-13(2,3)19-8-10(11(16)17)15-12(18)14-7-9-5-4-6-9/h9-10H,4-8H2,1-3H3,(H,16,17)(H2,14,15,18)/t10-/m0/s1. The Morgan fingerprint density at radius 1 is 1.37 bits per heavy atom. The third kappa shape index (κ3) is 6.42. The third-order valence-corrected chi connectivity index (χ3v) is 3.06. The summed E-state index contributed by atoms with van der Waals surface area (Å²) in [4.78, 5) is 22.6. The van der Waals surface area contributed by atoms with Crippen LogP contribution in [0.1, 0.15) is 40.0 Å². The van der Waals surface area contributed by atoms with Crippen molar-refractivity contribution in [2.24, 2.45) is 5.92 Å². The fraction of sp³-hybridized carbons (Fsp3) is 0.846. The van der Waals surface area contributed by atoms with E-state index in [9.17, 15) is 9.59 Å². The Kier molecular flexibility index (Phi) is 5.60. The van der Waals surface area contributed by atoms with Crippen LogP contribution in [-0.4, -0.2) is 41.9 Å². The molecule has 0 aromatic rings. The first-order valence-electron chi connectivity index (χ1n) is 6.69. The molecule has 110 valence electrons. The zero-order valence-electron chi connectivity index (χ0n) is 11.9. The molecule has 1 atom stereocenters. The second-order valence-electron chi connectivity index (χ2n) is 5.97. The molecule has 19 heavy (non-hydrogen) atoms. The Labute approximate surface area is 113 Å². The van der Waals surface area contributed by atoms with Crippen molar-refractivity contribution in [2.45, 2.75) is 51.7 Å². The molecule has 6 heteroatoms. The van der Waals surface area contributed by atoms with Gasteiger partial charge in [-0.15, -0.1) is 0 Å². The van der Waals surface area contributed by atoms with Crippen LogP contribution in [0.5, 0.6) is 0 Å². The minimum atomic E-state index is -1.09. The van der Waals surface area contributed by atoms with Crippen molar-refractivity contribution < 1.29 is 19.4 Å². The Bertz CT molecular complexity index is 321. The average molecular weight is 272 g/mol. The number of carboxylic acids is 1. The van der Waals surface area contributed by atoms with E-state index in [0.717, 1.165) is 12.8 Å². The van der Waals surface area contributed by atoms with Crippen LogP contribution in [0.25, 0.3) is 0 Å². The maximum absolute atomic E-state index is 11.6. The molecule has 1 saturated carbocycles. The molecule has 0 bridgehead atoms. The second-order valence-corrected chi connectivity index (χ2v) is 5.97. The van der Waals surface area contributed by atoms with Gasteiger partial charge >= 0.3 is 12.0 Å². The minimum absolute atomic E-state index is 0.0460. The van der Waals surface area contributed by atoms with Gasteiger partial charge in [0, 0.05) is 6.54 Å². The van der Waals surface area contributed by atoms with Crippen molar-refractivity contribution >= 4 is 12.0 Å². The number of nitrogens with one attached hydrogen (secondary N) is 2. The van der Waals surface area contributed by atoms with Gasteiger partial charge in [-0.2, -0.15) is 0 Å². The predicted octanol–water partition coefficient (Wildman–Crippen LogP) is 1.35. The van der Waals surface area contributed by atoms with Gasteiger partial charge in [-0.3, -0.25) is 0 Å². The highest BCUT2D eigenvalue weighted by Gasteiger charge is 2.24. The molecule has 0 saturated heterocycles. The largest absolute Gasteiger partial charge is 0.480 e. The minimum Gasteiger partial charge on any atom is -0.480 e. The maximum atomic E-state index is 11.6. The number of carbonyl (C=O) groups excluding carboxylic acids is 1. The number of hydrogen-bond acceptors (Lipinski definition) is 3. The lowest BCUT2D eigenvalue weighted by atomic mass is 9.85. The number of rotatable bonds is 6. The average Bonchev–Trinajstić information content (AvgIpc) is 2.20. The van der Waals surface area contributed by atoms with Gasteiger partial charge in [-0.1, -0.05) is 6.42 Å². The second kappa shape index (κ2) is 6.75. The molecular weight excluding hydrogens is 248 g/mol. The van der Waals surface area contributed by atoms with Crippen molar-refractivity contribution in [2.75, 3.05) is 13.2 Å². The number of urea groups is 1. The molecule has 1 aliphatic rings. The van der Waals surface area contributed by atoms with Crippen LogP contribution in [-0.2, 0) is 9.53 Å². The van der Waals surface area contributed by atoms with Crippen LogP contribution in [0, 0.1) is 5.92 Å². The van der Waals surface area contributed by atoms with Crippen LogP contribution in [0.15, 0.2) is 0 Å². The van der Waals surface area contributed by atoms with E-state index in [-0.39, 0.29) is 6.61 Å². The first-order valence-corrected chi connectivity index (χ1v) is 6.69. The Morgan fingerprint density at radius 2 is 2.00 bits per heavy atom. The van der Waals surface area contributed by atoms with Crippen LogP contribution < -0.4 is 10.6 Å². The van der Waals surface area contributed by atoms with E-state index in [4.69, 9.17) is 9.84 Å². The smallest absolute Gasteiger partial charge is 0.328 e. The molecule has 0 aromatic carbocycles. The van der Waals surface area contributed by atoms with E-state index < -0.39 is 23.6 Å². The summed E-state index contributed by atoms with van der Waals surface area (Å²) >= 11 is 0. The topological polar surface area (TPSA) is 87.7 Å². The summed E-state index contributed by atoms with van der Waals surface area (Å²) in [5.41, 5.74) is -0.433. The summed E-state index contributed by atoms with van der Waals surface area (Å²) in [7, 11) is 0. The van der Waals surface area contributed by atoms with Crippen LogP contribution >= 0.6 is 0 Å². The zero-order valence-corrected chi connectivity index (χ0v) is 11.9. The first kappa shape index (κ1) is 15.8. The molecule has 3 N–H and O–H groups in total. The molecule has 1 rings (SSSR count). The normalized spacial score (nSPS) is 17.4. The summed E-state index contributed by atoms with van der Waals surface area (Å²) in [5.74, 6) is -0.553. The van der Waals surface area contributed by atoms with Crippen molar-refractivity contribution in [3.8, 4) is 0 Å². The molecule has 0 unspecified atom stereocenters. The van der Waals surface area contributed by atoms with Crippen LogP contribution in [0.3, 0.4) is 0 Å². The molecule has 0 aliphatic heterocycles. The van der Waals surface area contributed by atoms with Gasteiger partial charge < -0.3 is 20.5 Å². The highest BCUT2D eigenvalue weighted by atomic mass is 16.5. The number of aliphatic carboxylic acids is 1. The third-order valence-electron chi connectivity index (χ3n) is 3.06. The first-order chi connectivity index (χ1) is 8.78. The van der Waals surface area contributed by atoms with Crippen LogP contribution in [0.2, 0.25) is 0 Å². The lowest BCUT2D eigenvalue weighted by Crippen LogP contribution is -2.50. The van der Waals surface area contributed by atoms with Gasteiger partial charge in [-0.25, -0.2) is 9.59 Å². The Balaban J connectivity index is 2.30. The fourth-order valence-electron chi connectivity index (χ4n) is 1.65. The molecule has 0 radical (unpaired) electrons. The van der Waals surface area contributed by atoms with E-state index in [0.29, 0.717) is 12.5 Å². The molecule has 6 nitrogen and oxygen atoms in total. The lowest BCUT2D eigenvalue weighted by molar-refractivity contribution is -0.142. The quantitative estimate of drug-likeness (QED) is 0.681. The lowest BCUT2D eigenvalue weighted by Gasteiger charge is -2.26. The van der Waals surface area contributed by atoms with Gasteiger partial charge in [0.1, 0.15) is 0 Å². The number of amides is 2. The summed E-state index contributed by atoms with van der Waals surface area (Å²) in [6.07, 6.45) is 3.48. The van der Waals surface area contributed by atoms with Gasteiger partial charge in [0.25, 0.3) is 0 Å². The van der Waals surface area contributed by atoms with Gasteiger partial charge in [0.05, 0.1) is 12.2 Å². The van der Waals surface area contributed by atoms with E-state index in [1.807, 2.05) is 20.8 Å². The molecule has 1 aliphatic carbocycles. The Hall–Kier alpha value is -1.30. The molecule has 1 fully saturated rings. The summed E-state index contributed by atoms with van der Waals surface area (Å²) in [6, 6.07) is -1.47. The Morgan fingerprint density at radius 3 is 2.42 bits per heavy atom. The van der Waals surface area contributed by atoms with E-state index in [2.05, 4.69) is 10.6 Å². The zero-order chi connectivity index (χ0) is 14.5. The fourth-order valence-corrected chi connectivity index (χ4v) is 1.65. The SMILES string of the molecule is CC(C)(C)OC[C@H](NC(=O)NCC1CCC1)C(=O)O. The highest BCUT2D eigenvalue weighted by molar-refractivity contribution is 5.82. The number of hydrogen-bond donors (Lipinski definition) is 3. The predicted molar refractivity (Wildman–Crippen MR) is 71.0 cm³/mol. The summed E-state index contributed by atoms with van der Waals surface area (Å²) < 4.78 is 5.39. The molecule has 0 spiro atoms. The molecular formula is C13H24N2O4. The number of ether oxygens (including phenoxy) is 1. The van der Waals surface area contributed by atoms with E-state index in [1.54, 1.807) is 0 Å². The molecule has 0 heterocycles. The molecule has 2 amide bonds. The van der Waals surface area contributed by atoms with Crippen molar-refractivity contribution in [1.29, 1.82) is 0 Å². The van der Waals surface area contributed by atoms with Gasteiger partial charge in [-0.05, 0) is 39.5 Å². The van der Waals surface area contributed by atoms with Crippen molar-refractivity contribution in [1.82, 2.24) is 10.6 Å². The molecule has 0 aromatic heterocycles. The number of carboxylic acid groups (broad SMARTS) is 1.